The second-order valence-electron chi connectivity index (χ2n) is 5.47. The third-order valence-electron chi connectivity index (χ3n) is 3.83. The molecule has 2 unspecified atom stereocenters. The third-order valence-corrected chi connectivity index (χ3v) is 3.83. The van der Waals surface area contributed by atoms with Gasteiger partial charge in [0.2, 0.25) is 5.91 Å². The average Bonchev–Trinajstić information content (AvgIpc) is 2.50. The van der Waals surface area contributed by atoms with Gasteiger partial charge in [-0.2, -0.15) is 0 Å². The Balaban J connectivity index is 2.62. The number of hydrogen-bond acceptors (Lipinski definition) is 5. The molecule has 122 valence electrons. The Morgan fingerprint density at radius 3 is 2.81 bits per heavy atom. The van der Waals surface area contributed by atoms with Crippen molar-refractivity contribution in [3.63, 3.8) is 0 Å². The molecule has 6 nitrogen and oxygen atoms in total. The molecule has 1 amide bonds. The molecule has 6 heteroatoms. The molecule has 1 aliphatic heterocycles. The highest BCUT2D eigenvalue weighted by Crippen LogP contribution is 2.21. The van der Waals surface area contributed by atoms with Crippen molar-refractivity contribution in [3.8, 4) is 0 Å². The second-order valence-corrected chi connectivity index (χ2v) is 5.47. The Morgan fingerprint density at radius 1 is 1.43 bits per heavy atom. The monoisotopic (exact) mass is 299 g/mol. The van der Waals surface area contributed by atoms with Crippen molar-refractivity contribution in [2.24, 2.45) is 11.7 Å². The number of esters is 1. The first-order chi connectivity index (χ1) is 10.1. The number of likely N-dealkylation sites (tertiary alicyclic amines) is 1. The molecule has 0 radical (unpaired) electrons. The van der Waals surface area contributed by atoms with E-state index in [4.69, 9.17) is 10.5 Å². The van der Waals surface area contributed by atoms with Gasteiger partial charge in [-0.05, 0) is 32.7 Å². The van der Waals surface area contributed by atoms with Crippen molar-refractivity contribution in [2.75, 3.05) is 32.8 Å². The predicted molar refractivity (Wildman–Crippen MR) is 81.7 cm³/mol. The SMILES string of the molecule is CCCC(C(=O)OCC)N1CCCC(C(=O)NCCN)C1. The molecule has 0 aromatic rings. The number of nitrogens with two attached hydrogens (primary N) is 1. The zero-order valence-corrected chi connectivity index (χ0v) is 13.3. The van der Waals surface area contributed by atoms with Crippen molar-refractivity contribution in [1.29, 1.82) is 0 Å². The molecule has 1 rings (SSSR count). The van der Waals surface area contributed by atoms with Gasteiger partial charge in [-0.3, -0.25) is 14.5 Å². The van der Waals surface area contributed by atoms with Gasteiger partial charge in [0, 0.05) is 19.6 Å². The summed E-state index contributed by atoms with van der Waals surface area (Å²) >= 11 is 0. The molecule has 0 bridgehead atoms. The fourth-order valence-electron chi connectivity index (χ4n) is 2.80. The second kappa shape index (κ2) is 9.73. The zero-order valence-electron chi connectivity index (χ0n) is 13.3. The first-order valence-corrected chi connectivity index (χ1v) is 8.02. The van der Waals surface area contributed by atoms with Crippen LogP contribution in [0, 0.1) is 5.92 Å². The van der Waals surface area contributed by atoms with E-state index in [1.165, 1.54) is 0 Å². The quantitative estimate of drug-likeness (QED) is 0.638. The minimum atomic E-state index is -0.222. The highest BCUT2D eigenvalue weighted by molar-refractivity contribution is 5.79. The van der Waals surface area contributed by atoms with Crippen LogP contribution in [-0.4, -0.2) is 55.6 Å². The molecule has 0 aliphatic carbocycles. The molecule has 1 fully saturated rings. The average molecular weight is 299 g/mol. The number of nitrogens with one attached hydrogen (secondary N) is 1. The van der Waals surface area contributed by atoms with Gasteiger partial charge in [0.15, 0.2) is 0 Å². The molecule has 3 N–H and O–H groups in total. The molecule has 21 heavy (non-hydrogen) atoms. The van der Waals surface area contributed by atoms with E-state index in [-0.39, 0.29) is 23.8 Å². The molecule has 0 spiro atoms. The van der Waals surface area contributed by atoms with Gasteiger partial charge < -0.3 is 15.8 Å². The summed E-state index contributed by atoms with van der Waals surface area (Å²) in [6.45, 7) is 6.70. The van der Waals surface area contributed by atoms with Gasteiger partial charge in [0.1, 0.15) is 6.04 Å². The smallest absolute Gasteiger partial charge is 0.323 e. The standard InChI is InChI=1S/C15H29N3O3/c1-3-6-13(15(20)21-4-2)18-10-5-7-12(11-18)14(19)17-9-8-16/h12-13H,3-11,16H2,1-2H3,(H,17,19). The Morgan fingerprint density at radius 2 is 2.19 bits per heavy atom. The summed E-state index contributed by atoms with van der Waals surface area (Å²) < 4.78 is 5.17. The number of piperidine rings is 1. The van der Waals surface area contributed by atoms with E-state index in [1.54, 1.807) is 0 Å². The lowest BCUT2D eigenvalue weighted by molar-refractivity contribution is -0.151. The number of amides is 1. The van der Waals surface area contributed by atoms with Crippen molar-refractivity contribution in [1.82, 2.24) is 10.2 Å². The summed E-state index contributed by atoms with van der Waals surface area (Å²) in [6.07, 6.45) is 3.49. The van der Waals surface area contributed by atoms with Crippen LogP contribution in [0.3, 0.4) is 0 Å². The summed E-state index contributed by atoms with van der Waals surface area (Å²) in [4.78, 5) is 26.3. The molecule has 2 atom stereocenters. The molecular formula is C15H29N3O3. The molecule has 0 aromatic heterocycles. The minimum Gasteiger partial charge on any atom is -0.465 e. The molecule has 1 heterocycles. The van der Waals surface area contributed by atoms with E-state index in [2.05, 4.69) is 17.1 Å². The molecular weight excluding hydrogens is 270 g/mol. The Labute approximate surface area is 127 Å². The van der Waals surface area contributed by atoms with Crippen LogP contribution in [0.2, 0.25) is 0 Å². The summed E-state index contributed by atoms with van der Waals surface area (Å²) in [5.41, 5.74) is 5.41. The lowest BCUT2D eigenvalue weighted by atomic mass is 9.95. The van der Waals surface area contributed by atoms with E-state index in [0.29, 0.717) is 26.2 Å². The molecule has 0 saturated carbocycles. The van der Waals surface area contributed by atoms with Gasteiger partial charge in [-0.15, -0.1) is 0 Å². The van der Waals surface area contributed by atoms with E-state index >= 15 is 0 Å². The van der Waals surface area contributed by atoms with Crippen LogP contribution >= 0.6 is 0 Å². The van der Waals surface area contributed by atoms with Crippen molar-refractivity contribution in [3.05, 3.63) is 0 Å². The Hall–Kier alpha value is -1.14. The first-order valence-electron chi connectivity index (χ1n) is 8.02. The Kier molecular flexibility index (Phi) is 8.30. The first kappa shape index (κ1) is 17.9. The normalized spacial score (nSPS) is 20.8. The third kappa shape index (κ3) is 5.63. The number of nitrogens with zero attached hydrogens (tertiary/aromatic N) is 1. The summed E-state index contributed by atoms with van der Waals surface area (Å²) in [5, 5.41) is 2.84. The van der Waals surface area contributed by atoms with Crippen LogP contribution < -0.4 is 11.1 Å². The van der Waals surface area contributed by atoms with Gasteiger partial charge in [0.05, 0.1) is 12.5 Å². The number of carbonyl (C=O) groups excluding carboxylic acids is 2. The van der Waals surface area contributed by atoms with Crippen LogP contribution in [-0.2, 0) is 14.3 Å². The van der Waals surface area contributed by atoms with Crippen LogP contribution in [0.25, 0.3) is 0 Å². The van der Waals surface area contributed by atoms with Gasteiger partial charge in [-0.1, -0.05) is 13.3 Å². The summed E-state index contributed by atoms with van der Waals surface area (Å²) in [7, 11) is 0. The molecule has 1 saturated heterocycles. The van der Waals surface area contributed by atoms with E-state index < -0.39 is 0 Å². The molecule has 0 aromatic carbocycles. The van der Waals surface area contributed by atoms with E-state index in [0.717, 1.165) is 32.2 Å². The topological polar surface area (TPSA) is 84.7 Å². The number of rotatable bonds is 8. The van der Waals surface area contributed by atoms with Gasteiger partial charge in [-0.25, -0.2) is 0 Å². The van der Waals surface area contributed by atoms with E-state index in [1.807, 2.05) is 6.92 Å². The van der Waals surface area contributed by atoms with Crippen LogP contribution in [0.15, 0.2) is 0 Å². The fourth-order valence-corrected chi connectivity index (χ4v) is 2.80. The summed E-state index contributed by atoms with van der Waals surface area (Å²) in [5.74, 6) is -0.175. The minimum absolute atomic E-state index is 0.0456. The van der Waals surface area contributed by atoms with E-state index in [9.17, 15) is 9.59 Å². The fraction of sp³-hybridized carbons (Fsp3) is 0.867. The lowest BCUT2D eigenvalue weighted by Crippen LogP contribution is -2.50. The van der Waals surface area contributed by atoms with Crippen LogP contribution in [0.4, 0.5) is 0 Å². The largest absolute Gasteiger partial charge is 0.465 e. The number of ether oxygens (including phenoxy) is 1. The Bertz CT molecular complexity index is 336. The van der Waals surface area contributed by atoms with Crippen LogP contribution in [0.5, 0.6) is 0 Å². The zero-order chi connectivity index (χ0) is 15.7. The maximum Gasteiger partial charge on any atom is 0.323 e. The van der Waals surface area contributed by atoms with Gasteiger partial charge in [0.25, 0.3) is 0 Å². The highest BCUT2D eigenvalue weighted by Gasteiger charge is 2.33. The van der Waals surface area contributed by atoms with Crippen molar-refractivity contribution >= 4 is 11.9 Å². The maximum atomic E-state index is 12.1. The maximum absolute atomic E-state index is 12.1. The molecule has 1 aliphatic rings. The predicted octanol–water partition coefficient (Wildman–Crippen LogP) is 0.505. The number of carbonyl (C=O) groups is 2. The van der Waals surface area contributed by atoms with Crippen LogP contribution in [0.1, 0.15) is 39.5 Å². The van der Waals surface area contributed by atoms with Crippen molar-refractivity contribution < 1.29 is 14.3 Å². The lowest BCUT2D eigenvalue weighted by Gasteiger charge is -2.36. The highest BCUT2D eigenvalue weighted by atomic mass is 16.5. The van der Waals surface area contributed by atoms with Gasteiger partial charge >= 0.3 is 5.97 Å². The van der Waals surface area contributed by atoms with Crippen molar-refractivity contribution in [2.45, 2.75) is 45.6 Å². The number of hydrogen-bond donors (Lipinski definition) is 2. The summed E-state index contributed by atoms with van der Waals surface area (Å²) in [6, 6.07) is -0.222.